The summed E-state index contributed by atoms with van der Waals surface area (Å²) >= 11 is 1.79. The molecule has 3 heteroatoms. The van der Waals surface area contributed by atoms with Crippen LogP contribution in [0.15, 0.2) is 17.5 Å². The Morgan fingerprint density at radius 2 is 2.38 bits per heavy atom. The third-order valence-corrected chi connectivity index (χ3v) is 3.36. The van der Waals surface area contributed by atoms with E-state index in [0.717, 1.165) is 26.3 Å². The Morgan fingerprint density at radius 3 is 3.06 bits per heavy atom. The smallest absolute Gasteiger partial charge is 0.0591 e. The van der Waals surface area contributed by atoms with E-state index in [2.05, 4.69) is 36.7 Å². The largest absolute Gasteiger partial charge is 0.380 e. The highest BCUT2D eigenvalue weighted by atomic mass is 32.1. The van der Waals surface area contributed by atoms with Crippen molar-refractivity contribution in [3.05, 3.63) is 22.4 Å². The molecule has 16 heavy (non-hydrogen) atoms. The van der Waals surface area contributed by atoms with Crippen molar-refractivity contribution in [2.24, 2.45) is 5.92 Å². The Hall–Kier alpha value is -0.380. The molecule has 0 aromatic carbocycles. The zero-order valence-electron chi connectivity index (χ0n) is 10.4. The van der Waals surface area contributed by atoms with Gasteiger partial charge in [-0.2, -0.15) is 0 Å². The van der Waals surface area contributed by atoms with E-state index >= 15 is 0 Å². The molecule has 0 aliphatic rings. The average Bonchev–Trinajstić information content (AvgIpc) is 2.76. The van der Waals surface area contributed by atoms with Crippen LogP contribution in [0.3, 0.4) is 0 Å². The first-order chi connectivity index (χ1) is 7.83. The molecular weight excluding hydrogens is 218 g/mol. The molecule has 1 aromatic rings. The molecule has 0 radical (unpaired) electrons. The van der Waals surface area contributed by atoms with Gasteiger partial charge in [-0.3, -0.25) is 0 Å². The van der Waals surface area contributed by atoms with Crippen LogP contribution in [0.25, 0.3) is 0 Å². The lowest BCUT2D eigenvalue weighted by Crippen LogP contribution is -2.20. The Kier molecular flexibility index (Phi) is 7.47. The number of nitrogens with one attached hydrogen (secondary N) is 1. The van der Waals surface area contributed by atoms with E-state index in [1.165, 1.54) is 17.7 Å². The predicted molar refractivity (Wildman–Crippen MR) is 70.9 cm³/mol. The number of ether oxygens (including phenoxy) is 1. The molecule has 0 aliphatic carbocycles. The quantitative estimate of drug-likeness (QED) is 0.670. The number of hydrogen-bond acceptors (Lipinski definition) is 3. The van der Waals surface area contributed by atoms with Gasteiger partial charge in [0.1, 0.15) is 0 Å². The lowest BCUT2D eigenvalue weighted by Gasteiger charge is -2.10. The van der Waals surface area contributed by atoms with Crippen LogP contribution in [0.4, 0.5) is 0 Å². The maximum absolute atomic E-state index is 5.61. The summed E-state index contributed by atoms with van der Waals surface area (Å²) in [6.45, 7) is 8.10. The van der Waals surface area contributed by atoms with Gasteiger partial charge in [-0.25, -0.2) is 0 Å². The third kappa shape index (κ3) is 6.26. The van der Waals surface area contributed by atoms with Gasteiger partial charge in [-0.15, -0.1) is 11.3 Å². The molecule has 1 rings (SSSR count). The minimum atomic E-state index is 0.697. The van der Waals surface area contributed by atoms with E-state index in [9.17, 15) is 0 Å². The van der Waals surface area contributed by atoms with Gasteiger partial charge in [0.05, 0.1) is 6.61 Å². The Morgan fingerprint density at radius 1 is 1.50 bits per heavy atom. The van der Waals surface area contributed by atoms with Crippen molar-refractivity contribution in [1.82, 2.24) is 5.32 Å². The lowest BCUT2D eigenvalue weighted by atomic mass is 10.1. The minimum Gasteiger partial charge on any atom is -0.380 e. The molecule has 2 nitrogen and oxygen atoms in total. The topological polar surface area (TPSA) is 21.3 Å². The zero-order chi connectivity index (χ0) is 11.6. The normalized spacial score (nSPS) is 12.9. The van der Waals surface area contributed by atoms with Crippen molar-refractivity contribution in [1.29, 1.82) is 0 Å². The maximum Gasteiger partial charge on any atom is 0.0591 e. The average molecular weight is 241 g/mol. The molecule has 0 bridgehead atoms. The molecule has 0 saturated heterocycles. The highest BCUT2D eigenvalue weighted by Crippen LogP contribution is 2.07. The molecule has 1 unspecified atom stereocenters. The summed E-state index contributed by atoms with van der Waals surface area (Å²) in [5.41, 5.74) is 0. The standard InChI is InChI=1S/C13H23NOS/c1-3-5-12(2)11-15-8-7-14-10-13-6-4-9-16-13/h4,6,9,12,14H,3,5,7-8,10-11H2,1-2H3. The fraction of sp³-hybridized carbons (Fsp3) is 0.692. The van der Waals surface area contributed by atoms with Crippen molar-refractivity contribution in [2.75, 3.05) is 19.8 Å². The molecule has 0 saturated carbocycles. The molecule has 0 fully saturated rings. The Bertz CT molecular complexity index is 248. The van der Waals surface area contributed by atoms with Gasteiger partial charge in [-0.1, -0.05) is 26.3 Å². The van der Waals surface area contributed by atoms with Crippen LogP contribution in [0.2, 0.25) is 0 Å². The van der Waals surface area contributed by atoms with Crippen molar-refractivity contribution in [3.63, 3.8) is 0 Å². The molecule has 0 spiro atoms. The second-order valence-electron chi connectivity index (χ2n) is 4.22. The Balaban J connectivity index is 1.88. The number of hydrogen-bond donors (Lipinski definition) is 1. The van der Waals surface area contributed by atoms with Crippen molar-refractivity contribution in [3.8, 4) is 0 Å². The van der Waals surface area contributed by atoms with E-state index in [1.807, 2.05) is 0 Å². The first-order valence-electron chi connectivity index (χ1n) is 6.13. The molecule has 92 valence electrons. The van der Waals surface area contributed by atoms with Crippen LogP contribution < -0.4 is 5.32 Å². The molecule has 1 aromatic heterocycles. The first-order valence-corrected chi connectivity index (χ1v) is 7.01. The molecule has 0 aliphatic heterocycles. The minimum absolute atomic E-state index is 0.697. The van der Waals surface area contributed by atoms with Crippen LogP contribution >= 0.6 is 11.3 Å². The summed E-state index contributed by atoms with van der Waals surface area (Å²) in [4.78, 5) is 1.39. The van der Waals surface area contributed by atoms with E-state index < -0.39 is 0 Å². The maximum atomic E-state index is 5.61. The molecular formula is C13H23NOS. The van der Waals surface area contributed by atoms with Crippen molar-refractivity contribution < 1.29 is 4.74 Å². The SMILES string of the molecule is CCCC(C)COCCNCc1cccs1. The molecule has 0 amide bonds. The second-order valence-corrected chi connectivity index (χ2v) is 5.26. The monoisotopic (exact) mass is 241 g/mol. The van der Waals surface area contributed by atoms with E-state index in [1.54, 1.807) is 11.3 Å². The van der Waals surface area contributed by atoms with Gasteiger partial charge < -0.3 is 10.1 Å². The van der Waals surface area contributed by atoms with Gasteiger partial charge in [0, 0.05) is 24.6 Å². The highest BCUT2D eigenvalue weighted by Gasteiger charge is 1.99. The van der Waals surface area contributed by atoms with Crippen LogP contribution in [-0.2, 0) is 11.3 Å². The van der Waals surface area contributed by atoms with Gasteiger partial charge in [0.15, 0.2) is 0 Å². The van der Waals surface area contributed by atoms with Crippen molar-refractivity contribution >= 4 is 11.3 Å². The number of thiophene rings is 1. The van der Waals surface area contributed by atoms with Crippen LogP contribution in [0.5, 0.6) is 0 Å². The van der Waals surface area contributed by atoms with E-state index in [4.69, 9.17) is 4.74 Å². The van der Waals surface area contributed by atoms with Gasteiger partial charge in [-0.05, 0) is 23.8 Å². The fourth-order valence-electron chi connectivity index (χ4n) is 1.63. The van der Waals surface area contributed by atoms with Crippen LogP contribution in [0.1, 0.15) is 31.6 Å². The number of rotatable bonds is 9. The summed E-state index contributed by atoms with van der Waals surface area (Å²) in [6.07, 6.45) is 2.52. The zero-order valence-corrected chi connectivity index (χ0v) is 11.2. The van der Waals surface area contributed by atoms with E-state index in [-0.39, 0.29) is 0 Å². The van der Waals surface area contributed by atoms with E-state index in [0.29, 0.717) is 5.92 Å². The second kappa shape index (κ2) is 8.74. The summed E-state index contributed by atoms with van der Waals surface area (Å²) < 4.78 is 5.61. The molecule has 1 atom stereocenters. The van der Waals surface area contributed by atoms with Crippen LogP contribution in [0, 0.1) is 5.92 Å². The Labute approximate surface area is 103 Å². The summed E-state index contributed by atoms with van der Waals surface area (Å²) in [5, 5.41) is 5.49. The molecule has 1 N–H and O–H groups in total. The highest BCUT2D eigenvalue weighted by molar-refractivity contribution is 7.09. The lowest BCUT2D eigenvalue weighted by molar-refractivity contribution is 0.103. The van der Waals surface area contributed by atoms with Crippen LogP contribution in [-0.4, -0.2) is 19.8 Å². The first kappa shape index (κ1) is 13.7. The molecule has 1 heterocycles. The summed E-state index contributed by atoms with van der Waals surface area (Å²) in [6, 6.07) is 4.24. The van der Waals surface area contributed by atoms with Gasteiger partial charge >= 0.3 is 0 Å². The van der Waals surface area contributed by atoms with Gasteiger partial charge in [0.2, 0.25) is 0 Å². The van der Waals surface area contributed by atoms with Gasteiger partial charge in [0.25, 0.3) is 0 Å². The summed E-state index contributed by atoms with van der Waals surface area (Å²) in [7, 11) is 0. The summed E-state index contributed by atoms with van der Waals surface area (Å²) in [5.74, 6) is 0.697. The van der Waals surface area contributed by atoms with Crippen molar-refractivity contribution in [2.45, 2.75) is 33.2 Å². The third-order valence-electron chi connectivity index (χ3n) is 2.49. The predicted octanol–water partition coefficient (Wildman–Crippen LogP) is 3.29. The fourth-order valence-corrected chi connectivity index (χ4v) is 2.30.